The van der Waals surface area contributed by atoms with E-state index in [1.807, 2.05) is 0 Å². The normalized spacial score (nSPS) is 25.1. The molecule has 2 aromatic carbocycles. The van der Waals surface area contributed by atoms with E-state index >= 15 is 4.39 Å². The van der Waals surface area contributed by atoms with E-state index in [-0.39, 0.29) is 11.1 Å². The summed E-state index contributed by atoms with van der Waals surface area (Å²) in [7, 11) is 0. The molecule has 176 valence electrons. The number of alkyl halides is 4. The van der Waals surface area contributed by atoms with Crippen molar-refractivity contribution in [2.24, 2.45) is 0 Å². The van der Waals surface area contributed by atoms with Gasteiger partial charge in [0.05, 0.1) is 23.3 Å². The lowest BCUT2D eigenvalue weighted by Gasteiger charge is -2.41. The SMILES string of the molecule is C[C@@H]1OC(OC(=O)c2ccccc2)[C@H](F)[C@H](OC(=O)c2ccccc2)[C@H]1NC(=O)C(F)(F)F. The smallest absolute Gasteiger partial charge is 0.453 e. The molecule has 1 aliphatic rings. The first-order valence-electron chi connectivity index (χ1n) is 9.77. The second kappa shape index (κ2) is 9.99. The summed E-state index contributed by atoms with van der Waals surface area (Å²) >= 11 is 0. The molecule has 2 aromatic rings. The Morgan fingerprint density at radius 1 is 0.879 bits per heavy atom. The van der Waals surface area contributed by atoms with E-state index in [9.17, 15) is 27.6 Å². The summed E-state index contributed by atoms with van der Waals surface area (Å²) in [4.78, 5) is 36.3. The number of rotatable bonds is 5. The van der Waals surface area contributed by atoms with Crippen molar-refractivity contribution in [1.82, 2.24) is 5.32 Å². The molecule has 1 heterocycles. The number of esters is 2. The fraction of sp³-hybridized carbons (Fsp3) is 0.318. The van der Waals surface area contributed by atoms with Crippen LogP contribution in [0.4, 0.5) is 17.6 Å². The molecule has 33 heavy (non-hydrogen) atoms. The summed E-state index contributed by atoms with van der Waals surface area (Å²) in [6.07, 6.45) is -12.8. The minimum Gasteiger partial charge on any atom is -0.453 e. The van der Waals surface area contributed by atoms with Gasteiger partial charge in [0, 0.05) is 0 Å². The van der Waals surface area contributed by atoms with Crippen LogP contribution in [-0.4, -0.2) is 54.7 Å². The van der Waals surface area contributed by atoms with Crippen LogP contribution in [0.5, 0.6) is 0 Å². The topological polar surface area (TPSA) is 90.9 Å². The Morgan fingerprint density at radius 3 is 1.85 bits per heavy atom. The fourth-order valence-electron chi connectivity index (χ4n) is 3.17. The van der Waals surface area contributed by atoms with Gasteiger partial charge in [0.2, 0.25) is 12.5 Å². The molecule has 0 saturated carbocycles. The molecular formula is C22H19F4NO6. The molecule has 0 spiro atoms. The third-order valence-electron chi connectivity index (χ3n) is 4.82. The number of amides is 1. The quantitative estimate of drug-likeness (QED) is 0.534. The zero-order chi connectivity index (χ0) is 24.2. The Bertz CT molecular complexity index is 985. The molecule has 1 saturated heterocycles. The Balaban J connectivity index is 1.84. The molecule has 7 nitrogen and oxygen atoms in total. The number of halogens is 4. The molecular weight excluding hydrogens is 450 g/mol. The lowest BCUT2D eigenvalue weighted by Crippen LogP contribution is -2.64. The van der Waals surface area contributed by atoms with Crippen molar-refractivity contribution < 1.29 is 46.2 Å². The van der Waals surface area contributed by atoms with Crippen molar-refractivity contribution in [3.8, 4) is 0 Å². The maximum absolute atomic E-state index is 15.3. The van der Waals surface area contributed by atoms with Crippen LogP contribution in [0.1, 0.15) is 27.6 Å². The molecule has 11 heteroatoms. The van der Waals surface area contributed by atoms with Crippen molar-refractivity contribution >= 4 is 17.8 Å². The lowest BCUT2D eigenvalue weighted by atomic mass is 9.97. The molecule has 0 bridgehead atoms. The molecule has 3 rings (SSSR count). The van der Waals surface area contributed by atoms with Crippen LogP contribution in [-0.2, 0) is 19.0 Å². The maximum Gasteiger partial charge on any atom is 0.471 e. The van der Waals surface area contributed by atoms with Crippen molar-refractivity contribution in [2.45, 2.75) is 43.8 Å². The van der Waals surface area contributed by atoms with Gasteiger partial charge in [-0.3, -0.25) is 4.79 Å². The number of hydrogen-bond acceptors (Lipinski definition) is 6. The van der Waals surface area contributed by atoms with E-state index in [0.29, 0.717) is 0 Å². The summed E-state index contributed by atoms with van der Waals surface area (Å²) in [5.74, 6) is -4.37. The van der Waals surface area contributed by atoms with Crippen LogP contribution in [0.15, 0.2) is 60.7 Å². The highest BCUT2D eigenvalue weighted by atomic mass is 19.4. The fourth-order valence-corrected chi connectivity index (χ4v) is 3.17. The third kappa shape index (κ3) is 5.86. The zero-order valence-electron chi connectivity index (χ0n) is 17.1. The van der Waals surface area contributed by atoms with Crippen molar-refractivity contribution in [3.05, 3.63) is 71.8 Å². The van der Waals surface area contributed by atoms with E-state index < -0.39 is 54.7 Å². The van der Waals surface area contributed by atoms with Crippen LogP contribution in [0.3, 0.4) is 0 Å². The van der Waals surface area contributed by atoms with E-state index in [2.05, 4.69) is 0 Å². The van der Waals surface area contributed by atoms with Crippen LogP contribution in [0.25, 0.3) is 0 Å². The first kappa shape index (κ1) is 24.2. The van der Waals surface area contributed by atoms with Gasteiger partial charge in [0.15, 0.2) is 6.10 Å². The van der Waals surface area contributed by atoms with E-state index in [4.69, 9.17) is 14.2 Å². The Hall–Kier alpha value is -3.47. The summed E-state index contributed by atoms with van der Waals surface area (Å²) in [5.41, 5.74) is 0.0776. The average Bonchev–Trinajstić information content (AvgIpc) is 2.79. The van der Waals surface area contributed by atoms with E-state index in [1.54, 1.807) is 29.6 Å². The van der Waals surface area contributed by atoms with Crippen molar-refractivity contribution in [2.75, 3.05) is 0 Å². The second-order valence-corrected chi connectivity index (χ2v) is 7.16. The average molecular weight is 469 g/mol. The largest absolute Gasteiger partial charge is 0.471 e. The van der Waals surface area contributed by atoms with Crippen LogP contribution in [0.2, 0.25) is 0 Å². The number of hydrogen-bond donors (Lipinski definition) is 1. The molecule has 1 unspecified atom stereocenters. The Labute approximate surface area is 185 Å². The summed E-state index contributed by atoms with van der Waals surface area (Å²) in [6, 6.07) is 13.1. The number of nitrogens with one attached hydrogen (secondary N) is 1. The number of benzene rings is 2. The van der Waals surface area contributed by atoms with Crippen molar-refractivity contribution in [3.63, 3.8) is 0 Å². The summed E-state index contributed by atoms with van der Waals surface area (Å²) in [6.45, 7) is 1.22. The van der Waals surface area contributed by atoms with Gasteiger partial charge in [0.25, 0.3) is 0 Å². The number of carbonyl (C=O) groups is 3. The molecule has 1 aliphatic heterocycles. The highest BCUT2D eigenvalue weighted by Crippen LogP contribution is 2.29. The Kier molecular flexibility index (Phi) is 7.32. The maximum atomic E-state index is 15.3. The molecule has 1 amide bonds. The van der Waals surface area contributed by atoms with Crippen LogP contribution >= 0.6 is 0 Å². The monoisotopic (exact) mass is 469 g/mol. The van der Waals surface area contributed by atoms with Gasteiger partial charge >= 0.3 is 24.0 Å². The standard InChI is InChI=1S/C22H19F4NO6/c1-12-16(27-21(30)22(24,25)26)17(32-18(28)13-8-4-2-5-9-13)15(23)20(31-12)33-19(29)14-10-6-3-7-11-14/h2-12,15-17,20H,1H3,(H,27,30)/t12-,15+,16-,17-,20?/m0/s1. The predicted octanol–water partition coefficient (Wildman–Crippen LogP) is 3.20. The third-order valence-corrected chi connectivity index (χ3v) is 4.82. The van der Waals surface area contributed by atoms with Gasteiger partial charge in [-0.2, -0.15) is 13.2 Å². The van der Waals surface area contributed by atoms with Crippen LogP contribution < -0.4 is 5.32 Å². The van der Waals surface area contributed by atoms with Gasteiger partial charge in [-0.1, -0.05) is 36.4 Å². The Morgan fingerprint density at radius 2 is 1.36 bits per heavy atom. The van der Waals surface area contributed by atoms with E-state index in [0.717, 1.165) is 0 Å². The number of ether oxygens (including phenoxy) is 3. The summed E-state index contributed by atoms with van der Waals surface area (Å²) < 4.78 is 69.1. The molecule has 0 radical (unpaired) electrons. The molecule has 0 aromatic heterocycles. The number of carbonyl (C=O) groups excluding carboxylic acids is 3. The highest BCUT2D eigenvalue weighted by molar-refractivity contribution is 5.90. The summed E-state index contributed by atoms with van der Waals surface area (Å²) in [5, 5.41) is 1.60. The van der Waals surface area contributed by atoms with Gasteiger partial charge in [0.1, 0.15) is 0 Å². The first-order chi connectivity index (χ1) is 15.6. The van der Waals surface area contributed by atoms with Crippen molar-refractivity contribution in [1.29, 1.82) is 0 Å². The van der Waals surface area contributed by atoms with Gasteiger partial charge in [-0.15, -0.1) is 0 Å². The van der Waals surface area contributed by atoms with Gasteiger partial charge < -0.3 is 19.5 Å². The first-order valence-corrected chi connectivity index (χ1v) is 9.77. The molecule has 5 atom stereocenters. The van der Waals surface area contributed by atoms with Gasteiger partial charge in [-0.25, -0.2) is 14.0 Å². The lowest BCUT2D eigenvalue weighted by molar-refractivity contribution is -0.236. The van der Waals surface area contributed by atoms with Crippen LogP contribution in [0, 0.1) is 0 Å². The minimum atomic E-state index is -5.27. The molecule has 0 aliphatic carbocycles. The van der Waals surface area contributed by atoms with Gasteiger partial charge in [-0.05, 0) is 31.2 Å². The second-order valence-electron chi connectivity index (χ2n) is 7.16. The zero-order valence-corrected chi connectivity index (χ0v) is 17.1. The molecule has 1 fully saturated rings. The van der Waals surface area contributed by atoms with E-state index in [1.165, 1.54) is 43.3 Å². The predicted molar refractivity (Wildman–Crippen MR) is 105 cm³/mol. The highest BCUT2D eigenvalue weighted by Gasteiger charge is 2.52. The minimum absolute atomic E-state index is 0.00238. The molecule has 1 N–H and O–H groups in total.